The Labute approximate surface area is 99.3 Å². The first kappa shape index (κ1) is 11.7. The summed E-state index contributed by atoms with van der Waals surface area (Å²) in [5.41, 5.74) is 3.60. The normalized spacial score (nSPS) is 10.2. The molecule has 0 unspecified atom stereocenters. The Kier molecular flexibility index (Phi) is 4.62. The van der Waals surface area contributed by atoms with Gasteiger partial charge in [0.1, 0.15) is 0 Å². The third kappa shape index (κ3) is 3.80. The topological polar surface area (TPSA) is 9.23 Å². The average Bonchev–Trinajstić information content (AvgIpc) is 2.10. The van der Waals surface area contributed by atoms with Crippen LogP contribution in [0.2, 0.25) is 0 Å². The van der Waals surface area contributed by atoms with E-state index in [4.69, 9.17) is 4.74 Å². The Morgan fingerprint density at radius 2 is 2.21 bits per heavy atom. The van der Waals surface area contributed by atoms with Gasteiger partial charge >= 0.3 is 0 Å². The lowest BCUT2D eigenvalue weighted by atomic mass is 10.1. The average molecular weight is 302 g/mol. The van der Waals surface area contributed by atoms with E-state index in [0.29, 0.717) is 13.2 Å². The molecule has 0 heterocycles. The Bertz CT molecular complexity index is 331. The highest BCUT2D eigenvalue weighted by Crippen LogP contribution is 2.15. The molecule has 1 aromatic rings. The van der Waals surface area contributed by atoms with Crippen molar-refractivity contribution in [1.82, 2.24) is 0 Å². The Balaban J connectivity index is 2.57. The molecule has 0 fully saturated rings. The van der Waals surface area contributed by atoms with E-state index in [2.05, 4.69) is 54.3 Å². The summed E-state index contributed by atoms with van der Waals surface area (Å²) in [5.74, 6) is 0. The standard InChI is InChI=1S/C12H15IO/c1-9(2)7-14-8-11-6-10(3)4-5-12(11)13/h4-6H,1,7-8H2,2-3H3. The number of aryl methyl sites for hydroxylation is 1. The van der Waals surface area contributed by atoms with Gasteiger partial charge in [-0.1, -0.05) is 29.8 Å². The SMILES string of the molecule is C=C(C)COCc1cc(C)ccc1I. The van der Waals surface area contributed by atoms with Crippen LogP contribution >= 0.6 is 22.6 Å². The molecule has 0 aliphatic heterocycles. The second-order valence-electron chi connectivity index (χ2n) is 3.54. The van der Waals surface area contributed by atoms with Crippen molar-refractivity contribution in [3.8, 4) is 0 Å². The summed E-state index contributed by atoms with van der Waals surface area (Å²) in [6.07, 6.45) is 0. The van der Waals surface area contributed by atoms with Crippen LogP contribution in [0.5, 0.6) is 0 Å². The predicted octanol–water partition coefficient (Wildman–Crippen LogP) is 3.69. The lowest BCUT2D eigenvalue weighted by Crippen LogP contribution is -1.98. The van der Waals surface area contributed by atoms with E-state index in [1.807, 2.05) is 6.92 Å². The molecule has 0 saturated heterocycles. The maximum atomic E-state index is 5.51. The smallest absolute Gasteiger partial charge is 0.0731 e. The second kappa shape index (κ2) is 5.51. The number of hydrogen-bond donors (Lipinski definition) is 0. The molecule has 1 aromatic carbocycles. The molecule has 0 aromatic heterocycles. The lowest BCUT2D eigenvalue weighted by Gasteiger charge is -2.07. The minimum atomic E-state index is 0.643. The van der Waals surface area contributed by atoms with Gasteiger partial charge in [-0.2, -0.15) is 0 Å². The minimum absolute atomic E-state index is 0.643. The first-order chi connectivity index (χ1) is 6.59. The predicted molar refractivity (Wildman–Crippen MR) is 68.4 cm³/mol. The molecule has 0 saturated carbocycles. The van der Waals surface area contributed by atoms with Gasteiger partial charge in [-0.3, -0.25) is 0 Å². The van der Waals surface area contributed by atoms with Gasteiger partial charge in [0, 0.05) is 3.57 Å². The molecule has 0 aliphatic carbocycles. The Morgan fingerprint density at radius 1 is 1.50 bits per heavy atom. The highest BCUT2D eigenvalue weighted by Gasteiger charge is 1.99. The van der Waals surface area contributed by atoms with E-state index in [0.717, 1.165) is 5.57 Å². The van der Waals surface area contributed by atoms with Crippen LogP contribution < -0.4 is 0 Å². The third-order valence-electron chi connectivity index (χ3n) is 1.81. The van der Waals surface area contributed by atoms with E-state index in [1.165, 1.54) is 14.7 Å². The summed E-state index contributed by atoms with van der Waals surface area (Å²) in [4.78, 5) is 0. The molecule has 1 nitrogen and oxygen atoms in total. The van der Waals surface area contributed by atoms with Gasteiger partial charge in [-0.05, 0) is 48.1 Å². The molecular weight excluding hydrogens is 287 g/mol. The molecule has 0 atom stereocenters. The van der Waals surface area contributed by atoms with Gasteiger partial charge in [0.05, 0.1) is 13.2 Å². The van der Waals surface area contributed by atoms with Crippen molar-refractivity contribution in [3.63, 3.8) is 0 Å². The Hall–Kier alpha value is -0.350. The van der Waals surface area contributed by atoms with Crippen LogP contribution in [0.3, 0.4) is 0 Å². The third-order valence-corrected chi connectivity index (χ3v) is 2.86. The largest absolute Gasteiger partial charge is 0.372 e. The van der Waals surface area contributed by atoms with Crippen molar-refractivity contribution in [2.45, 2.75) is 20.5 Å². The quantitative estimate of drug-likeness (QED) is 0.609. The number of benzene rings is 1. The van der Waals surface area contributed by atoms with Gasteiger partial charge in [-0.15, -0.1) is 0 Å². The second-order valence-corrected chi connectivity index (χ2v) is 4.71. The summed E-state index contributed by atoms with van der Waals surface area (Å²) in [7, 11) is 0. The van der Waals surface area contributed by atoms with Crippen LogP contribution in [-0.4, -0.2) is 6.61 Å². The number of rotatable bonds is 4. The summed E-state index contributed by atoms with van der Waals surface area (Å²) >= 11 is 2.33. The summed E-state index contributed by atoms with van der Waals surface area (Å²) in [5, 5.41) is 0. The fourth-order valence-corrected chi connectivity index (χ4v) is 1.64. The molecule has 1 rings (SSSR count). The molecule has 0 spiro atoms. The van der Waals surface area contributed by atoms with Crippen LogP contribution in [0.25, 0.3) is 0 Å². The van der Waals surface area contributed by atoms with Crippen LogP contribution in [0, 0.1) is 10.5 Å². The van der Waals surface area contributed by atoms with Crippen molar-refractivity contribution in [3.05, 3.63) is 45.0 Å². The van der Waals surface area contributed by atoms with E-state index in [9.17, 15) is 0 Å². The van der Waals surface area contributed by atoms with Crippen LogP contribution in [0.15, 0.2) is 30.4 Å². The van der Waals surface area contributed by atoms with Gasteiger partial charge in [0.25, 0.3) is 0 Å². The number of halogens is 1. The van der Waals surface area contributed by atoms with Gasteiger partial charge < -0.3 is 4.74 Å². The molecule has 0 radical (unpaired) electrons. The van der Waals surface area contributed by atoms with Gasteiger partial charge in [0.2, 0.25) is 0 Å². The minimum Gasteiger partial charge on any atom is -0.372 e. The van der Waals surface area contributed by atoms with Crippen molar-refractivity contribution in [1.29, 1.82) is 0 Å². The molecule has 0 N–H and O–H groups in total. The Morgan fingerprint density at radius 3 is 2.86 bits per heavy atom. The monoisotopic (exact) mass is 302 g/mol. The van der Waals surface area contributed by atoms with Crippen molar-refractivity contribution < 1.29 is 4.74 Å². The first-order valence-electron chi connectivity index (χ1n) is 4.57. The summed E-state index contributed by atoms with van der Waals surface area (Å²) < 4.78 is 6.77. The van der Waals surface area contributed by atoms with Gasteiger partial charge in [0.15, 0.2) is 0 Å². The molecule has 2 heteroatoms. The van der Waals surface area contributed by atoms with Crippen molar-refractivity contribution in [2.75, 3.05) is 6.61 Å². The van der Waals surface area contributed by atoms with E-state index in [1.54, 1.807) is 0 Å². The zero-order chi connectivity index (χ0) is 10.6. The number of hydrogen-bond acceptors (Lipinski definition) is 1. The maximum Gasteiger partial charge on any atom is 0.0731 e. The molecule has 0 aliphatic rings. The van der Waals surface area contributed by atoms with E-state index < -0.39 is 0 Å². The fourth-order valence-electron chi connectivity index (χ4n) is 1.15. The van der Waals surface area contributed by atoms with Crippen molar-refractivity contribution in [2.24, 2.45) is 0 Å². The number of ether oxygens (including phenoxy) is 1. The van der Waals surface area contributed by atoms with Crippen LogP contribution in [-0.2, 0) is 11.3 Å². The van der Waals surface area contributed by atoms with E-state index >= 15 is 0 Å². The first-order valence-corrected chi connectivity index (χ1v) is 5.64. The van der Waals surface area contributed by atoms with Gasteiger partial charge in [-0.25, -0.2) is 0 Å². The fraction of sp³-hybridized carbons (Fsp3) is 0.333. The molecule has 14 heavy (non-hydrogen) atoms. The summed E-state index contributed by atoms with van der Waals surface area (Å²) in [6, 6.07) is 6.40. The maximum absolute atomic E-state index is 5.51. The molecule has 0 amide bonds. The van der Waals surface area contributed by atoms with Crippen LogP contribution in [0.1, 0.15) is 18.1 Å². The van der Waals surface area contributed by atoms with Crippen molar-refractivity contribution >= 4 is 22.6 Å². The van der Waals surface area contributed by atoms with E-state index in [-0.39, 0.29) is 0 Å². The zero-order valence-corrected chi connectivity index (χ0v) is 10.8. The highest BCUT2D eigenvalue weighted by molar-refractivity contribution is 14.1. The lowest BCUT2D eigenvalue weighted by molar-refractivity contribution is 0.142. The molecule has 0 bridgehead atoms. The molecule has 76 valence electrons. The summed E-state index contributed by atoms with van der Waals surface area (Å²) in [6.45, 7) is 9.18. The zero-order valence-electron chi connectivity index (χ0n) is 8.64. The van der Waals surface area contributed by atoms with Crippen LogP contribution in [0.4, 0.5) is 0 Å². The highest BCUT2D eigenvalue weighted by atomic mass is 127. The molecular formula is C12H15IO.